The van der Waals surface area contributed by atoms with Crippen LogP contribution in [0.25, 0.3) is 0 Å². The Morgan fingerprint density at radius 1 is 1.30 bits per heavy atom. The fourth-order valence-electron chi connectivity index (χ4n) is 3.49. The molecule has 3 heterocycles. The van der Waals surface area contributed by atoms with E-state index in [0.29, 0.717) is 32.2 Å². The Morgan fingerprint density at radius 2 is 2.13 bits per heavy atom. The Balaban J connectivity index is 1.55. The van der Waals surface area contributed by atoms with E-state index in [0.717, 1.165) is 25.0 Å². The fourth-order valence-corrected chi connectivity index (χ4v) is 3.49. The molecular formula is C16H22N4O3. The summed E-state index contributed by atoms with van der Waals surface area (Å²) in [5.74, 6) is 0.688. The van der Waals surface area contributed by atoms with E-state index in [9.17, 15) is 9.59 Å². The van der Waals surface area contributed by atoms with Gasteiger partial charge in [-0.2, -0.15) is 0 Å². The summed E-state index contributed by atoms with van der Waals surface area (Å²) < 4.78 is 1.89. The maximum Gasteiger partial charge on any atom is 0.271 e. The van der Waals surface area contributed by atoms with Crippen molar-refractivity contribution in [1.29, 1.82) is 0 Å². The van der Waals surface area contributed by atoms with Crippen molar-refractivity contribution >= 4 is 11.8 Å². The van der Waals surface area contributed by atoms with Crippen molar-refractivity contribution in [2.45, 2.75) is 38.8 Å². The molecule has 0 aromatic carbocycles. The molecule has 2 fully saturated rings. The number of hydrogen-bond acceptors (Lipinski definition) is 4. The summed E-state index contributed by atoms with van der Waals surface area (Å²) in [7, 11) is 0. The molecule has 1 aromatic rings. The molecule has 2 aliphatic heterocycles. The van der Waals surface area contributed by atoms with Crippen LogP contribution >= 0.6 is 0 Å². The molecule has 1 saturated carbocycles. The summed E-state index contributed by atoms with van der Waals surface area (Å²) in [6.45, 7) is 4.24. The van der Waals surface area contributed by atoms with Crippen molar-refractivity contribution in [3.05, 3.63) is 18.2 Å². The highest BCUT2D eigenvalue weighted by Crippen LogP contribution is 2.40. The Morgan fingerprint density at radius 3 is 2.83 bits per heavy atom. The first-order chi connectivity index (χ1) is 11.1. The summed E-state index contributed by atoms with van der Waals surface area (Å²) >= 11 is 0. The van der Waals surface area contributed by atoms with Crippen LogP contribution in [0, 0.1) is 11.8 Å². The average Bonchev–Trinajstić information content (AvgIpc) is 3.12. The van der Waals surface area contributed by atoms with Gasteiger partial charge in [-0.25, -0.2) is 10.0 Å². The van der Waals surface area contributed by atoms with E-state index in [1.165, 1.54) is 5.06 Å². The fraction of sp³-hybridized carbons (Fsp3) is 0.688. The van der Waals surface area contributed by atoms with Crippen LogP contribution < -0.4 is 0 Å². The summed E-state index contributed by atoms with van der Waals surface area (Å²) in [6, 6.07) is -0.433. The van der Waals surface area contributed by atoms with Crippen molar-refractivity contribution < 1.29 is 14.4 Å². The summed E-state index contributed by atoms with van der Waals surface area (Å²) in [6.07, 6.45) is 6.32. The lowest BCUT2D eigenvalue weighted by atomic mass is 10.1. The third-order valence-electron chi connectivity index (χ3n) is 5.10. The summed E-state index contributed by atoms with van der Waals surface area (Å²) in [5.41, 5.74) is 0.910. The molecule has 4 rings (SSSR count). The first-order valence-corrected chi connectivity index (χ1v) is 8.39. The summed E-state index contributed by atoms with van der Waals surface area (Å²) in [5, 5.41) is 1.46. The molecule has 2 amide bonds. The van der Waals surface area contributed by atoms with Gasteiger partial charge >= 0.3 is 0 Å². The van der Waals surface area contributed by atoms with Crippen molar-refractivity contribution in [3.8, 4) is 0 Å². The van der Waals surface area contributed by atoms with Crippen molar-refractivity contribution in [3.63, 3.8) is 0 Å². The lowest BCUT2D eigenvalue weighted by Gasteiger charge is -2.37. The van der Waals surface area contributed by atoms with E-state index in [1.54, 1.807) is 12.5 Å². The highest BCUT2D eigenvalue weighted by Gasteiger charge is 2.44. The highest BCUT2D eigenvalue weighted by atomic mass is 16.7. The molecule has 0 N–H and O–H groups in total. The second-order valence-corrected chi connectivity index (χ2v) is 6.83. The Labute approximate surface area is 135 Å². The van der Waals surface area contributed by atoms with Crippen LogP contribution in [-0.4, -0.2) is 51.0 Å². The van der Waals surface area contributed by atoms with Gasteiger partial charge in [0, 0.05) is 18.7 Å². The van der Waals surface area contributed by atoms with Crippen LogP contribution in [0.5, 0.6) is 0 Å². The van der Waals surface area contributed by atoms with Gasteiger partial charge < -0.3 is 9.47 Å². The number of hydroxylamine groups is 2. The van der Waals surface area contributed by atoms with E-state index in [-0.39, 0.29) is 17.7 Å². The largest absolute Gasteiger partial charge is 0.334 e. The number of imidazole rings is 1. The quantitative estimate of drug-likeness (QED) is 0.815. The van der Waals surface area contributed by atoms with Gasteiger partial charge in [-0.15, -0.1) is 0 Å². The SMILES string of the molecule is CC1CC1C(=O)N1Cc2cncn2C(C(=O)N2CCCCO2)C1. The van der Waals surface area contributed by atoms with Gasteiger partial charge in [0.15, 0.2) is 0 Å². The van der Waals surface area contributed by atoms with Crippen LogP contribution in [0.1, 0.15) is 37.9 Å². The predicted octanol–water partition coefficient (Wildman–Crippen LogP) is 0.976. The first-order valence-electron chi connectivity index (χ1n) is 8.39. The molecule has 0 spiro atoms. The van der Waals surface area contributed by atoms with Crippen molar-refractivity contribution in [1.82, 2.24) is 19.5 Å². The van der Waals surface area contributed by atoms with Gasteiger partial charge in [-0.05, 0) is 25.2 Å². The van der Waals surface area contributed by atoms with E-state index in [1.807, 2.05) is 9.47 Å². The minimum atomic E-state index is -0.433. The number of aromatic nitrogens is 2. The zero-order valence-electron chi connectivity index (χ0n) is 13.4. The molecule has 3 atom stereocenters. The maximum atomic E-state index is 12.8. The molecule has 0 bridgehead atoms. The van der Waals surface area contributed by atoms with Gasteiger partial charge in [0.2, 0.25) is 5.91 Å². The van der Waals surface area contributed by atoms with Crippen LogP contribution in [0.4, 0.5) is 0 Å². The molecule has 1 aromatic heterocycles. The second kappa shape index (κ2) is 5.63. The molecule has 7 nitrogen and oxygen atoms in total. The molecule has 7 heteroatoms. The molecule has 1 aliphatic carbocycles. The van der Waals surface area contributed by atoms with E-state index >= 15 is 0 Å². The number of rotatable bonds is 2. The number of hydrogen-bond donors (Lipinski definition) is 0. The van der Waals surface area contributed by atoms with Crippen LogP contribution in [-0.2, 0) is 21.0 Å². The highest BCUT2D eigenvalue weighted by molar-refractivity contribution is 5.84. The van der Waals surface area contributed by atoms with Gasteiger partial charge in [0.05, 0.1) is 31.7 Å². The molecule has 3 aliphatic rings. The maximum absolute atomic E-state index is 12.8. The number of nitrogens with zero attached hydrogens (tertiary/aromatic N) is 4. The van der Waals surface area contributed by atoms with Crippen LogP contribution in [0.15, 0.2) is 12.5 Å². The van der Waals surface area contributed by atoms with E-state index in [4.69, 9.17) is 4.84 Å². The van der Waals surface area contributed by atoms with Gasteiger partial charge in [0.1, 0.15) is 6.04 Å². The minimum absolute atomic E-state index is 0.0784. The Hall–Kier alpha value is -1.89. The standard InChI is InChI=1S/C16H22N4O3/c1-11-6-13(11)15(21)18-8-12-7-17-10-19(12)14(9-18)16(22)20-4-2-3-5-23-20/h7,10-11,13-14H,2-6,8-9H2,1H3. The van der Waals surface area contributed by atoms with E-state index < -0.39 is 6.04 Å². The Bertz CT molecular complexity index is 623. The molecule has 0 radical (unpaired) electrons. The minimum Gasteiger partial charge on any atom is -0.334 e. The molecular weight excluding hydrogens is 296 g/mol. The molecule has 124 valence electrons. The van der Waals surface area contributed by atoms with Crippen molar-refractivity contribution in [2.24, 2.45) is 11.8 Å². The summed E-state index contributed by atoms with van der Waals surface area (Å²) in [4.78, 5) is 36.9. The number of carbonyl (C=O) groups is 2. The van der Waals surface area contributed by atoms with Gasteiger partial charge in [-0.3, -0.25) is 14.4 Å². The van der Waals surface area contributed by atoms with Gasteiger partial charge in [0.25, 0.3) is 5.91 Å². The van der Waals surface area contributed by atoms with Gasteiger partial charge in [-0.1, -0.05) is 6.92 Å². The monoisotopic (exact) mass is 318 g/mol. The number of carbonyl (C=O) groups excluding carboxylic acids is 2. The zero-order valence-corrected chi connectivity index (χ0v) is 13.4. The number of fused-ring (bicyclic) bond motifs is 1. The van der Waals surface area contributed by atoms with Crippen LogP contribution in [0.2, 0.25) is 0 Å². The number of amides is 2. The molecule has 3 unspecified atom stereocenters. The average molecular weight is 318 g/mol. The normalized spacial score (nSPS) is 30.0. The molecule has 23 heavy (non-hydrogen) atoms. The first kappa shape index (κ1) is 14.7. The second-order valence-electron chi connectivity index (χ2n) is 6.83. The lowest BCUT2D eigenvalue weighted by Crippen LogP contribution is -2.49. The third kappa shape index (κ3) is 2.63. The molecule has 1 saturated heterocycles. The zero-order chi connectivity index (χ0) is 16.0. The van der Waals surface area contributed by atoms with Crippen LogP contribution in [0.3, 0.4) is 0 Å². The Kier molecular flexibility index (Phi) is 3.60. The third-order valence-corrected chi connectivity index (χ3v) is 5.10. The van der Waals surface area contributed by atoms with Crippen molar-refractivity contribution in [2.75, 3.05) is 19.7 Å². The topological polar surface area (TPSA) is 67.7 Å². The van der Waals surface area contributed by atoms with E-state index in [2.05, 4.69) is 11.9 Å². The lowest BCUT2D eigenvalue weighted by molar-refractivity contribution is -0.201. The smallest absolute Gasteiger partial charge is 0.271 e. The predicted molar refractivity (Wildman–Crippen MR) is 80.9 cm³/mol.